The summed E-state index contributed by atoms with van der Waals surface area (Å²) in [6.45, 7) is 3.68. The molecule has 0 aromatic rings. The van der Waals surface area contributed by atoms with Gasteiger partial charge in [0, 0.05) is 6.08 Å². The number of rotatable bonds is 5. The normalized spacial score (nSPS) is 10.3. The van der Waals surface area contributed by atoms with Gasteiger partial charge in [0.1, 0.15) is 10.3 Å². The Kier molecular flexibility index (Phi) is 7.10. The Hall–Kier alpha value is -1.48. The fraction of sp³-hybridized carbons (Fsp3) is 0.444. The number of hydrogen-bond acceptors (Lipinski definition) is 6. The average molecular weight is 229 g/mol. The highest BCUT2D eigenvalue weighted by atomic mass is 32.2. The molecule has 5 nitrogen and oxygen atoms in total. The maximum atomic E-state index is 11.2. The van der Waals surface area contributed by atoms with E-state index in [-0.39, 0.29) is 18.1 Å². The molecule has 0 unspecified atom stereocenters. The van der Waals surface area contributed by atoms with Crippen LogP contribution in [0.25, 0.3) is 0 Å². The smallest absolute Gasteiger partial charge is 0.345 e. The highest BCUT2D eigenvalue weighted by Crippen LogP contribution is 2.15. The molecule has 0 aliphatic rings. The van der Waals surface area contributed by atoms with Crippen LogP contribution in [0.4, 0.5) is 0 Å². The van der Waals surface area contributed by atoms with Crippen LogP contribution in [0.5, 0.6) is 0 Å². The molecule has 82 valence electrons. The Balaban J connectivity index is 4.58. The van der Waals surface area contributed by atoms with Crippen molar-refractivity contribution in [1.29, 1.82) is 5.26 Å². The fourth-order valence-corrected chi connectivity index (χ4v) is 1.07. The number of thioether (sulfide) groups is 1. The molecule has 0 aromatic heterocycles. The summed E-state index contributed by atoms with van der Waals surface area (Å²) in [4.78, 5) is 22.1. The van der Waals surface area contributed by atoms with Crippen LogP contribution < -0.4 is 0 Å². The molecule has 0 bridgehead atoms. The third-order valence-electron chi connectivity index (χ3n) is 1.17. The van der Waals surface area contributed by atoms with E-state index in [1.165, 1.54) is 0 Å². The second kappa shape index (κ2) is 7.88. The predicted molar refractivity (Wildman–Crippen MR) is 54.6 cm³/mol. The Morgan fingerprint density at radius 3 is 2.40 bits per heavy atom. The van der Waals surface area contributed by atoms with Crippen LogP contribution in [-0.4, -0.2) is 25.2 Å². The van der Waals surface area contributed by atoms with Crippen molar-refractivity contribution in [2.45, 2.75) is 13.8 Å². The van der Waals surface area contributed by atoms with E-state index in [1.54, 1.807) is 19.2 Å². The van der Waals surface area contributed by atoms with Gasteiger partial charge in [-0.05, 0) is 25.6 Å². The summed E-state index contributed by atoms with van der Waals surface area (Å²) in [6, 6.07) is 0. The van der Waals surface area contributed by atoms with Gasteiger partial charge in [0.2, 0.25) is 0 Å². The molecule has 6 heteroatoms. The lowest BCUT2D eigenvalue weighted by Crippen LogP contribution is -2.08. The molecule has 0 spiro atoms. The van der Waals surface area contributed by atoms with Gasteiger partial charge in [-0.1, -0.05) is 0 Å². The van der Waals surface area contributed by atoms with Crippen molar-refractivity contribution in [3.63, 3.8) is 0 Å². The van der Waals surface area contributed by atoms with Gasteiger partial charge in [-0.3, -0.25) is 0 Å². The van der Waals surface area contributed by atoms with E-state index in [1.807, 2.05) is 0 Å². The fourth-order valence-electron chi connectivity index (χ4n) is 0.672. The monoisotopic (exact) mass is 229 g/mol. The zero-order chi connectivity index (χ0) is 11.7. The minimum Gasteiger partial charge on any atom is -0.463 e. The second-order valence-electron chi connectivity index (χ2n) is 2.17. The first-order valence-electron chi connectivity index (χ1n) is 4.27. The Morgan fingerprint density at radius 1 is 1.33 bits per heavy atom. The minimum absolute atomic E-state index is 0.0715. The van der Waals surface area contributed by atoms with Gasteiger partial charge in [-0.15, -0.1) is 0 Å². The molecule has 0 radical (unpaired) electrons. The first-order valence-corrected chi connectivity index (χ1v) is 5.08. The highest BCUT2D eigenvalue weighted by Gasteiger charge is 2.13. The van der Waals surface area contributed by atoms with E-state index >= 15 is 0 Å². The number of carbonyl (C=O) groups excluding carboxylic acids is 2. The largest absolute Gasteiger partial charge is 0.463 e. The lowest BCUT2D eigenvalue weighted by molar-refractivity contribution is -0.140. The number of thiocyanates is 1. The van der Waals surface area contributed by atoms with Crippen molar-refractivity contribution >= 4 is 23.7 Å². The lowest BCUT2D eigenvalue weighted by atomic mass is 10.5. The zero-order valence-electron chi connectivity index (χ0n) is 8.48. The lowest BCUT2D eigenvalue weighted by Gasteiger charge is -2.02. The van der Waals surface area contributed by atoms with E-state index in [4.69, 9.17) is 5.26 Å². The summed E-state index contributed by atoms with van der Waals surface area (Å²) in [5, 5.41) is 10.1. The third-order valence-corrected chi connectivity index (χ3v) is 1.76. The van der Waals surface area contributed by atoms with Crippen molar-refractivity contribution in [1.82, 2.24) is 0 Å². The molecule has 0 atom stereocenters. The Bertz CT molecular complexity index is 306. The highest BCUT2D eigenvalue weighted by molar-refractivity contribution is 8.08. The van der Waals surface area contributed by atoms with E-state index in [0.29, 0.717) is 11.8 Å². The van der Waals surface area contributed by atoms with Gasteiger partial charge in [0.05, 0.1) is 13.2 Å². The van der Waals surface area contributed by atoms with Crippen molar-refractivity contribution in [2.24, 2.45) is 0 Å². The Morgan fingerprint density at radius 2 is 1.93 bits per heavy atom. The van der Waals surface area contributed by atoms with Gasteiger partial charge in [0.25, 0.3) is 0 Å². The third kappa shape index (κ3) is 5.75. The molecule has 0 heterocycles. The first-order chi connectivity index (χ1) is 7.15. The molecule has 0 rings (SSSR count). The maximum Gasteiger partial charge on any atom is 0.345 e. The Labute approximate surface area is 92.0 Å². The molecular formula is C9H11NO4S. The van der Waals surface area contributed by atoms with Gasteiger partial charge in [-0.25, -0.2) is 9.59 Å². The molecule has 0 N–H and O–H groups in total. The molecule has 0 saturated heterocycles. The number of nitriles is 1. The molecule has 0 aliphatic heterocycles. The minimum atomic E-state index is -0.697. The summed E-state index contributed by atoms with van der Waals surface area (Å²) in [7, 11) is 0. The van der Waals surface area contributed by atoms with Gasteiger partial charge >= 0.3 is 11.9 Å². The quantitative estimate of drug-likeness (QED) is 0.400. The molecule has 0 aliphatic carbocycles. The topological polar surface area (TPSA) is 76.4 Å². The van der Waals surface area contributed by atoms with E-state index in [0.717, 1.165) is 6.08 Å². The van der Waals surface area contributed by atoms with Crippen LogP contribution in [0, 0.1) is 10.7 Å². The van der Waals surface area contributed by atoms with Crippen LogP contribution in [0.2, 0.25) is 0 Å². The summed E-state index contributed by atoms with van der Waals surface area (Å²) in [5.74, 6) is -1.36. The van der Waals surface area contributed by atoms with Gasteiger partial charge < -0.3 is 9.47 Å². The van der Waals surface area contributed by atoms with Crippen molar-refractivity contribution in [3.8, 4) is 5.40 Å². The summed E-state index contributed by atoms with van der Waals surface area (Å²) < 4.78 is 9.25. The summed E-state index contributed by atoms with van der Waals surface area (Å²) in [5.41, 5.74) is 0. The van der Waals surface area contributed by atoms with Crippen LogP contribution in [0.3, 0.4) is 0 Å². The molecule has 15 heavy (non-hydrogen) atoms. The summed E-state index contributed by atoms with van der Waals surface area (Å²) in [6.07, 6.45) is 0.954. The molecule has 0 saturated carbocycles. The first kappa shape index (κ1) is 13.5. The van der Waals surface area contributed by atoms with Crippen LogP contribution >= 0.6 is 11.8 Å². The number of esters is 2. The van der Waals surface area contributed by atoms with Gasteiger partial charge in [0.15, 0.2) is 0 Å². The zero-order valence-corrected chi connectivity index (χ0v) is 9.30. The number of hydrogen-bond donors (Lipinski definition) is 0. The predicted octanol–water partition coefficient (Wildman–Crippen LogP) is 1.21. The standard InChI is InChI=1S/C9H11NO4S/c1-3-13-8(11)5-7(15-6-10)9(12)14-4-2/h5H,3-4H2,1-2H3/b7-5+. The second-order valence-corrected chi connectivity index (χ2v) is 3.00. The van der Waals surface area contributed by atoms with Crippen LogP contribution in [0.1, 0.15) is 13.8 Å². The number of ether oxygens (including phenoxy) is 2. The molecule has 0 amide bonds. The molecule has 0 fully saturated rings. The van der Waals surface area contributed by atoms with Crippen molar-refractivity contribution < 1.29 is 19.1 Å². The SMILES string of the molecule is CCOC(=O)/C=C(/SC#N)C(=O)OCC. The van der Waals surface area contributed by atoms with Crippen LogP contribution in [-0.2, 0) is 19.1 Å². The summed E-state index contributed by atoms with van der Waals surface area (Å²) >= 11 is 0.570. The van der Waals surface area contributed by atoms with Crippen molar-refractivity contribution in [2.75, 3.05) is 13.2 Å². The van der Waals surface area contributed by atoms with Crippen LogP contribution in [0.15, 0.2) is 11.0 Å². The van der Waals surface area contributed by atoms with E-state index in [2.05, 4.69) is 9.47 Å². The van der Waals surface area contributed by atoms with E-state index in [9.17, 15) is 9.59 Å². The average Bonchev–Trinajstić information content (AvgIpc) is 2.18. The molecule has 0 aromatic carbocycles. The molecular weight excluding hydrogens is 218 g/mol. The maximum absolute atomic E-state index is 11.2. The van der Waals surface area contributed by atoms with E-state index < -0.39 is 11.9 Å². The number of nitrogens with zero attached hydrogens (tertiary/aromatic N) is 1. The van der Waals surface area contributed by atoms with Gasteiger partial charge in [-0.2, -0.15) is 5.26 Å². The van der Waals surface area contributed by atoms with Crippen molar-refractivity contribution in [3.05, 3.63) is 11.0 Å². The number of carbonyl (C=O) groups is 2.